The summed E-state index contributed by atoms with van der Waals surface area (Å²) >= 11 is 52.1. The molecule has 0 aromatic heterocycles. The molecule has 11 nitrogen and oxygen atoms in total. The smallest absolute Gasteiger partial charge is 1.00 e. The Bertz CT molecular complexity index is 504. The first kappa shape index (κ1) is 92.2. The monoisotopic (exact) mass is 1020 g/mol. The number of ether oxygens (including phenoxy) is 5. The summed E-state index contributed by atoms with van der Waals surface area (Å²) in [6, 6.07) is 0. The van der Waals surface area contributed by atoms with Crippen molar-refractivity contribution in [2.75, 3.05) is 96.1 Å². The van der Waals surface area contributed by atoms with E-state index < -0.39 is 74.6 Å². The fraction of sp³-hybridized carbons (Fsp3) is 1.00. The Balaban J connectivity index is -0.0000000389. The van der Waals surface area contributed by atoms with E-state index in [-0.39, 0.29) is 45.8 Å². The van der Waals surface area contributed by atoms with Crippen molar-refractivity contribution in [3.63, 3.8) is 0 Å². The van der Waals surface area contributed by atoms with Crippen LogP contribution in [0.5, 0.6) is 0 Å². The molecular formula is C30H74Cl11NaO11. The topological polar surface area (TPSA) is 168 Å². The van der Waals surface area contributed by atoms with Crippen molar-refractivity contribution in [3.8, 4) is 0 Å². The fourth-order valence-corrected chi connectivity index (χ4v) is 3.03. The van der Waals surface area contributed by atoms with Gasteiger partial charge >= 0.3 is 29.6 Å². The Hall–Kier alpha value is 3.75. The average molecular weight is 1020 g/mol. The van der Waals surface area contributed by atoms with Crippen LogP contribution in [-0.4, -0.2) is 188 Å². The molecule has 0 amide bonds. The molecule has 2 saturated heterocycles. The van der Waals surface area contributed by atoms with Gasteiger partial charge < -0.3 is 55.8 Å². The number of hydrogen-bond acceptors (Lipinski definition) is 11. The molecule has 23 heteroatoms. The summed E-state index contributed by atoms with van der Waals surface area (Å²) in [7, 11) is 2.55. The van der Waals surface area contributed by atoms with Gasteiger partial charge in [0.15, 0.2) is 12.6 Å². The van der Waals surface area contributed by atoms with Gasteiger partial charge in [-0.15, -0.1) is 128 Å². The van der Waals surface area contributed by atoms with Gasteiger partial charge in [-0.25, -0.2) is 0 Å². The van der Waals surface area contributed by atoms with Gasteiger partial charge in [0.05, 0.1) is 13.2 Å². The largest absolute Gasteiger partial charge is 1.00 e. The van der Waals surface area contributed by atoms with Gasteiger partial charge in [0.1, 0.15) is 48.8 Å². The third-order valence-corrected chi connectivity index (χ3v) is 4.44. The van der Waals surface area contributed by atoms with Crippen molar-refractivity contribution in [1.82, 2.24) is 0 Å². The van der Waals surface area contributed by atoms with E-state index >= 15 is 0 Å². The third-order valence-electron chi connectivity index (χ3n) is 4.44. The van der Waals surface area contributed by atoms with Gasteiger partial charge in [-0.05, 0) is 0 Å². The van der Waals surface area contributed by atoms with E-state index in [1.54, 1.807) is 0 Å². The summed E-state index contributed by atoms with van der Waals surface area (Å²) in [4.78, 5) is 0. The maximum atomic E-state index is 10.2. The predicted octanol–water partition coefficient (Wildman–Crippen LogP) is 4.88. The molecule has 10 atom stereocenters. The first-order chi connectivity index (χ1) is 24.1. The van der Waals surface area contributed by atoms with E-state index in [0.717, 1.165) is 17.6 Å². The zero-order valence-electron chi connectivity index (χ0n) is 33.2. The molecule has 338 valence electrons. The number of aliphatic hydroxyl groups excluding tert-OH is 6. The van der Waals surface area contributed by atoms with Crippen LogP contribution in [0.3, 0.4) is 0 Å². The van der Waals surface area contributed by atoms with Crippen LogP contribution in [0.2, 0.25) is 0 Å². The van der Waals surface area contributed by atoms with Crippen molar-refractivity contribution >= 4 is 128 Å². The summed E-state index contributed by atoms with van der Waals surface area (Å²) < 4.78 is 26.0. The van der Waals surface area contributed by atoms with Crippen LogP contribution in [0, 0.1) is 0 Å². The summed E-state index contributed by atoms with van der Waals surface area (Å²) in [6.07, 6.45) is -1.15. The van der Waals surface area contributed by atoms with Crippen LogP contribution in [-0.2, 0) is 23.7 Å². The van der Waals surface area contributed by atoms with E-state index in [1.165, 1.54) is 65.3 Å². The molecule has 2 fully saturated rings. The summed E-state index contributed by atoms with van der Waals surface area (Å²) in [5.74, 6) is 2.17. The molecule has 0 aliphatic carbocycles. The van der Waals surface area contributed by atoms with Crippen LogP contribution < -0.4 is 29.6 Å². The molecule has 2 rings (SSSR count). The molecule has 0 aromatic carbocycles. The van der Waals surface area contributed by atoms with Crippen molar-refractivity contribution in [1.29, 1.82) is 0 Å². The number of aliphatic hydroxyl groups is 6. The number of alkyl halides is 11. The fourth-order valence-electron chi connectivity index (χ4n) is 3.03. The molecule has 6 N–H and O–H groups in total. The molecule has 2 unspecified atom stereocenters. The second kappa shape index (κ2) is 87.3. The second-order valence-corrected chi connectivity index (χ2v) is 8.36. The minimum absolute atomic E-state index is 0. The van der Waals surface area contributed by atoms with Crippen LogP contribution in [0.1, 0.15) is 37.1 Å². The van der Waals surface area contributed by atoms with E-state index in [1.807, 2.05) is 20.8 Å². The van der Waals surface area contributed by atoms with Crippen molar-refractivity contribution in [3.05, 3.63) is 0 Å². The summed E-state index contributed by atoms with van der Waals surface area (Å²) in [5, 5.41) is 59.3. The second-order valence-electron chi connectivity index (χ2n) is 6.75. The van der Waals surface area contributed by atoms with E-state index in [9.17, 15) is 30.6 Å². The molecule has 2 aliphatic rings. The molecule has 2 aliphatic heterocycles. The van der Waals surface area contributed by atoms with Gasteiger partial charge in [-0.2, -0.15) is 0 Å². The number of halogens is 11. The minimum Gasteiger partial charge on any atom is -1.00 e. The maximum Gasteiger partial charge on any atom is 1.00 e. The average Bonchev–Trinajstić information content (AvgIpc) is 3.19. The van der Waals surface area contributed by atoms with Crippen molar-refractivity contribution in [2.45, 2.75) is 97.0 Å². The molecule has 53 heavy (non-hydrogen) atoms. The summed E-state index contributed by atoms with van der Waals surface area (Å²) in [5.41, 5.74) is 0. The maximum absolute atomic E-state index is 10.2. The van der Waals surface area contributed by atoms with E-state index in [4.69, 9.17) is 58.5 Å². The third kappa shape index (κ3) is 51.8. The molecule has 0 spiro atoms. The molecular weight excluding hydrogens is 949 g/mol. The Morgan fingerprint density at radius 2 is 0.698 bits per heavy atom. The number of methoxy groups -OCH3 is 2. The zero-order chi connectivity index (χ0) is 42.8. The first-order valence-corrected chi connectivity index (χ1v) is 21.4. The van der Waals surface area contributed by atoms with Gasteiger partial charge in [0.2, 0.25) is 0 Å². The van der Waals surface area contributed by atoms with E-state index in [2.05, 4.69) is 92.8 Å². The molecule has 0 bridgehead atoms. The Labute approximate surface area is 402 Å². The number of rotatable bonds is 6. The Morgan fingerprint density at radius 1 is 0.472 bits per heavy atom. The Kier molecular flexibility index (Phi) is 152. The van der Waals surface area contributed by atoms with Crippen molar-refractivity contribution < 1.29 is 85.3 Å². The minimum atomic E-state index is -1.56. The van der Waals surface area contributed by atoms with Gasteiger partial charge in [-0.1, -0.05) is 35.6 Å². The molecule has 0 radical (unpaired) electrons. The molecule has 0 saturated carbocycles. The van der Waals surface area contributed by atoms with Crippen LogP contribution in [0.4, 0.5) is 0 Å². The quantitative estimate of drug-likeness (QED) is 0.159. The SMILES string of the molecule is C.C.CCCl.CCCl.CCCl.CCl.CCl.CCl.CCl.CCl.CCl.CCl.CCl.CO[C@H]1OC(CO)[C@@H](O[C@H]2OC(CO)[C@@H](OC)[C@H](O)[C@H]2O)[C@H](O)[C@H]1O.[H-].[Na+]. The Morgan fingerprint density at radius 3 is 0.943 bits per heavy atom. The standard InChI is InChI=1S/C14H26O11.3C2H5Cl.8CH3Cl.2CH4.Na.H/c1-21-11-5(3-15)24-14(10(20)7(11)17)25-12-6(4-16)23-13(22-2)9(19)8(12)18;3*1-2-3;8*1-2;;;;/h5-20H,3-4H2,1-2H3;3*2H2,1H3;8*1H3;2*1H4;;/q;;;;;;;;;;;;;;+1;-1/t5?,6?,7-,8-,9-,10-,11-,12-,13+,14-;;;;;;;;;;;;;;;/m1.............../s1. The zero-order valence-corrected chi connectivity index (χ0v) is 42.5. The van der Waals surface area contributed by atoms with Gasteiger partial charge in [0, 0.05) is 82.9 Å². The normalized spacial score (nSPS) is 24.8. The van der Waals surface area contributed by atoms with Crippen LogP contribution in [0.25, 0.3) is 0 Å². The van der Waals surface area contributed by atoms with Gasteiger partial charge in [0.25, 0.3) is 0 Å². The number of hydrogen-bond donors (Lipinski definition) is 6. The van der Waals surface area contributed by atoms with Crippen molar-refractivity contribution in [2.24, 2.45) is 0 Å². The van der Waals surface area contributed by atoms with Gasteiger partial charge in [-0.3, -0.25) is 0 Å². The molecule has 0 aromatic rings. The van der Waals surface area contributed by atoms with E-state index in [0.29, 0.717) is 0 Å². The molecule has 2 heterocycles. The first-order valence-electron chi connectivity index (χ1n) is 13.8. The van der Waals surface area contributed by atoms with Crippen LogP contribution >= 0.6 is 128 Å². The summed E-state index contributed by atoms with van der Waals surface area (Å²) in [6.45, 7) is 4.60. The van der Waals surface area contributed by atoms with Crippen LogP contribution in [0.15, 0.2) is 0 Å². The predicted molar refractivity (Wildman–Crippen MR) is 236 cm³/mol.